The summed E-state index contributed by atoms with van der Waals surface area (Å²) in [7, 11) is 0. The predicted octanol–water partition coefficient (Wildman–Crippen LogP) is 1.97. The van der Waals surface area contributed by atoms with Crippen molar-refractivity contribution in [2.45, 2.75) is 6.92 Å². The highest BCUT2D eigenvalue weighted by atomic mass is 16.6. The first-order valence-corrected chi connectivity index (χ1v) is 3.91. The SMILES string of the molecule is C=C(O/N=C(/C)N)c1ccccc1. The molecule has 0 atom stereocenters. The Labute approximate surface area is 77.5 Å². The molecule has 1 aromatic carbocycles. The second-order valence-corrected chi connectivity index (χ2v) is 2.61. The topological polar surface area (TPSA) is 47.6 Å². The van der Waals surface area contributed by atoms with Crippen LogP contribution < -0.4 is 5.73 Å². The fourth-order valence-corrected chi connectivity index (χ4v) is 0.804. The van der Waals surface area contributed by atoms with E-state index in [1.165, 1.54) is 0 Å². The van der Waals surface area contributed by atoms with Gasteiger partial charge in [0.05, 0.1) is 0 Å². The van der Waals surface area contributed by atoms with Crippen LogP contribution >= 0.6 is 0 Å². The van der Waals surface area contributed by atoms with E-state index in [9.17, 15) is 0 Å². The van der Waals surface area contributed by atoms with Crippen molar-refractivity contribution in [2.24, 2.45) is 10.9 Å². The molecule has 0 aromatic heterocycles. The van der Waals surface area contributed by atoms with Crippen molar-refractivity contribution in [3.8, 4) is 0 Å². The fraction of sp³-hybridized carbons (Fsp3) is 0.100. The lowest BCUT2D eigenvalue weighted by molar-refractivity contribution is 0.298. The normalized spacial score (nSPS) is 11.0. The fourth-order valence-electron chi connectivity index (χ4n) is 0.804. The molecule has 0 aliphatic carbocycles. The van der Waals surface area contributed by atoms with E-state index in [1.807, 2.05) is 30.3 Å². The molecule has 0 fully saturated rings. The third-order valence-corrected chi connectivity index (χ3v) is 1.40. The van der Waals surface area contributed by atoms with E-state index in [0.29, 0.717) is 11.6 Å². The van der Waals surface area contributed by atoms with Crippen molar-refractivity contribution in [3.05, 3.63) is 42.5 Å². The maximum Gasteiger partial charge on any atom is 0.158 e. The molecule has 0 aliphatic heterocycles. The summed E-state index contributed by atoms with van der Waals surface area (Å²) in [5.74, 6) is 0.863. The van der Waals surface area contributed by atoms with E-state index in [4.69, 9.17) is 10.6 Å². The molecule has 3 nitrogen and oxygen atoms in total. The Morgan fingerprint density at radius 3 is 2.54 bits per heavy atom. The molecule has 0 amide bonds. The van der Waals surface area contributed by atoms with Crippen LogP contribution in [0, 0.1) is 0 Å². The molecule has 0 heterocycles. The third kappa shape index (κ3) is 2.99. The van der Waals surface area contributed by atoms with Crippen molar-refractivity contribution in [1.29, 1.82) is 0 Å². The average Bonchev–Trinajstić information content (AvgIpc) is 2.15. The Kier molecular flexibility index (Phi) is 3.09. The minimum absolute atomic E-state index is 0.372. The van der Waals surface area contributed by atoms with Crippen molar-refractivity contribution in [3.63, 3.8) is 0 Å². The minimum Gasteiger partial charge on any atom is -0.385 e. The van der Waals surface area contributed by atoms with Crippen LogP contribution in [0.15, 0.2) is 42.1 Å². The summed E-state index contributed by atoms with van der Waals surface area (Å²) >= 11 is 0. The van der Waals surface area contributed by atoms with Crippen molar-refractivity contribution >= 4 is 11.6 Å². The molecule has 0 bridgehead atoms. The maximum absolute atomic E-state index is 5.30. The van der Waals surface area contributed by atoms with E-state index in [1.54, 1.807) is 6.92 Å². The summed E-state index contributed by atoms with van der Waals surface area (Å²) < 4.78 is 0. The zero-order valence-corrected chi connectivity index (χ0v) is 7.53. The van der Waals surface area contributed by atoms with Gasteiger partial charge in [-0.3, -0.25) is 0 Å². The van der Waals surface area contributed by atoms with Gasteiger partial charge in [-0.25, -0.2) is 0 Å². The van der Waals surface area contributed by atoms with Gasteiger partial charge in [0.25, 0.3) is 0 Å². The first-order chi connectivity index (χ1) is 6.20. The van der Waals surface area contributed by atoms with Gasteiger partial charge in [-0.2, -0.15) is 0 Å². The molecule has 0 unspecified atom stereocenters. The molecule has 0 radical (unpaired) electrons. The zero-order chi connectivity index (χ0) is 9.68. The van der Waals surface area contributed by atoms with Gasteiger partial charge in [0.1, 0.15) is 5.84 Å². The number of nitrogens with zero attached hydrogens (tertiary/aromatic N) is 1. The maximum atomic E-state index is 5.30. The summed E-state index contributed by atoms with van der Waals surface area (Å²) in [5.41, 5.74) is 6.20. The van der Waals surface area contributed by atoms with Gasteiger partial charge < -0.3 is 10.6 Å². The van der Waals surface area contributed by atoms with Crippen LogP contribution in [0.2, 0.25) is 0 Å². The van der Waals surface area contributed by atoms with Crippen LogP contribution in [-0.2, 0) is 4.84 Å². The lowest BCUT2D eigenvalue weighted by atomic mass is 10.2. The summed E-state index contributed by atoms with van der Waals surface area (Å²) in [4.78, 5) is 4.96. The van der Waals surface area contributed by atoms with Crippen molar-refractivity contribution in [2.75, 3.05) is 0 Å². The molecule has 0 saturated heterocycles. The number of hydrogen-bond acceptors (Lipinski definition) is 2. The third-order valence-electron chi connectivity index (χ3n) is 1.40. The van der Waals surface area contributed by atoms with Gasteiger partial charge in [0.15, 0.2) is 5.76 Å². The highest BCUT2D eigenvalue weighted by Crippen LogP contribution is 2.12. The Morgan fingerprint density at radius 2 is 2.00 bits per heavy atom. The molecule has 0 saturated carbocycles. The van der Waals surface area contributed by atoms with Crippen LogP contribution in [0.4, 0.5) is 0 Å². The Balaban J connectivity index is 2.65. The lowest BCUT2D eigenvalue weighted by Gasteiger charge is -2.02. The highest BCUT2D eigenvalue weighted by molar-refractivity contribution is 5.77. The first-order valence-electron chi connectivity index (χ1n) is 3.91. The van der Waals surface area contributed by atoms with Crippen LogP contribution in [0.1, 0.15) is 12.5 Å². The minimum atomic E-state index is 0.372. The Bertz CT molecular complexity index is 313. The summed E-state index contributed by atoms with van der Waals surface area (Å²) in [6.07, 6.45) is 0. The molecule has 3 heteroatoms. The molecule has 13 heavy (non-hydrogen) atoms. The van der Waals surface area contributed by atoms with E-state index >= 15 is 0 Å². The number of amidine groups is 1. The van der Waals surface area contributed by atoms with Crippen LogP contribution in [0.5, 0.6) is 0 Å². The quantitative estimate of drug-likeness (QED) is 0.331. The Morgan fingerprint density at radius 1 is 1.38 bits per heavy atom. The molecule has 1 rings (SSSR count). The molecular formula is C10H12N2O. The number of hydrogen-bond donors (Lipinski definition) is 1. The van der Waals surface area contributed by atoms with Gasteiger partial charge in [0, 0.05) is 5.56 Å². The monoisotopic (exact) mass is 176 g/mol. The van der Waals surface area contributed by atoms with Gasteiger partial charge in [-0.1, -0.05) is 42.1 Å². The number of nitrogens with two attached hydrogens (primary N) is 1. The van der Waals surface area contributed by atoms with Crippen molar-refractivity contribution < 1.29 is 4.84 Å². The second-order valence-electron chi connectivity index (χ2n) is 2.61. The van der Waals surface area contributed by atoms with E-state index in [0.717, 1.165) is 5.56 Å². The zero-order valence-electron chi connectivity index (χ0n) is 7.53. The molecule has 2 N–H and O–H groups in total. The van der Waals surface area contributed by atoms with E-state index in [2.05, 4.69) is 11.7 Å². The van der Waals surface area contributed by atoms with Gasteiger partial charge in [0.2, 0.25) is 0 Å². The van der Waals surface area contributed by atoms with Gasteiger partial charge in [-0.05, 0) is 6.92 Å². The molecular weight excluding hydrogens is 164 g/mol. The number of oxime groups is 1. The summed E-state index contributed by atoms with van der Waals surface area (Å²) in [6.45, 7) is 5.36. The summed E-state index contributed by atoms with van der Waals surface area (Å²) in [5, 5.41) is 3.60. The smallest absolute Gasteiger partial charge is 0.158 e. The molecule has 1 aromatic rings. The van der Waals surface area contributed by atoms with Crippen molar-refractivity contribution in [1.82, 2.24) is 0 Å². The Hall–Kier alpha value is -1.77. The van der Waals surface area contributed by atoms with Gasteiger partial charge in [-0.15, -0.1) is 0 Å². The molecule has 0 spiro atoms. The van der Waals surface area contributed by atoms with Crippen LogP contribution in [-0.4, -0.2) is 5.84 Å². The predicted molar refractivity (Wildman–Crippen MR) is 53.9 cm³/mol. The van der Waals surface area contributed by atoms with Crippen LogP contribution in [0.3, 0.4) is 0 Å². The van der Waals surface area contributed by atoms with E-state index < -0.39 is 0 Å². The standard InChI is InChI=1S/C10H12N2O/c1-8(13-12-9(2)11)10-6-4-3-5-7-10/h3-7H,1H2,2H3,(H2,11,12). The average molecular weight is 176 g/mol. The molecule has 0 aliphatic rings. The van der Waals surface area contributed by atoms with Gasteiger partial charge >= 0.3 is 0 Å². The van der Waals surface area contributed by atoms with Crippen LogP contribution in [0.25, 0.3) is 5.76 Å². The second kappa shape index (κ2) is 4.30. The first kappa shape index (κ1) is 9.32. The molecule has 68 valence electrons. The largest absolute Gasteiger partial charge is 0.385 e. The lowest BCUT2D eigenvalue weighted by Crippen LogP contribution is -2.05. The highest BCUT2D eigenvalue weighted by Gasteiger charge is 1.97. The number of benzene rings is 1. The van der Waals surface area contributed by atoms with E-state index in [-0.39, 0.29) is 0 Å². The number of rotatable bonds is 3. The summed E-state index contributed by atoms with van der Waals surface area (Å²) in [6, 6.07) is 9.52.